The standard InChI is InChI=1S/C19H31NO/c1-15(2)12-20-13-17-8-4-5-9-18(17)14-21-19-10-6-7-16(3)11-19/h4-5,8-9,15-16,19-20H,6-7,10-14H2,1-3H3. The number of hydrogen-bond acceptors (Lipinski definition) is 2. The molecule has 0 radical (unpaired) electrons. The summed E-state index contributed by atoms with van der Waals surface area (Å²) in [5.41, 5.74) is 2.72. The Kier molecular flexibility index (Phi) is 6.72. The SMILES string of the molecule is CC(C)CNCc1ccccc1COC1CCCC(C)C1. The lowest BCUT2D eigenvalue weighted by Gasteiger charge is -2.27. The Balaban J connectivity index is 1.84. The van der Waals surface area contributed by atoms with Crippen LogP contribution in [-0.2, 0) is 17.9 Å². The molecule has 21 heavy (non-hydrogen) atoms. The van der Waals surface area contributed by atoms with E-state index >= 15 is 0 Å². The van der Waals surface area contributed by atoms with Gasteiger partial charge in [0, 0.05) is 6.54 Å². The highest BCUT2D eigenvalue weighted by Crippen LogP contribution is 2.26. The molecular formula is C19H31NO. The van der Waals surface area contributed by atoms with Gasteiger partial charge in [0.2, 0.25) is 0 Å². The molecule has 1 N–H and O–H groups in total. The molecule has 2 unspecified atom stereocenters. The van der Waals surface area contributed by atoms with Gasteiger partial charge in [0.25, 0.3) is 0 Å². The van der Waals surface area contributed by atoms with Gasteiger partial charge in [-0.25, -0.2) is 0 Å². The van der Waals surface area contributed by atoms with Crippen molar-refractivity contribution in [1.29, 1.82) is 0 Å². The zero-order valence-corrected chi connectivity index (χ0v) is 13.9. The molecule has 1 aliphatic carbocycles. The van der Waals surface area contributed by atoms with Gasteiger partial charge in [-0.1, -0.05) is 57.9 Å². The average Bonchev–Trinajstić information content (AvgIpc) is 2.46. The maximum atomic E-state index is 6.18. The largest absolute Gasteiger partial charge is 0.374 e. The van der Waals surface area contributed by atoms with E-state index in [-0.39, 0.29) is 0 Å². The molecule has 1 fully saturated rings. The Morgan fingerprint density at radius 2 is 1.95 bits per heavy atom. The molecule has 2 rings (SSSR count). The van der Waals surface area contributed by atoms with E-state index in [2.05, 4.69) is 50.4 Å². The highest BCUT2D eigenvalue weighted by Gasteiger charge is 2.19. The second kappa shape index (κ2) is 8.55. The molecule has 2 nitrogen and oxygen atoms in total. The van der Waals surface area contributed by atoms with Crippen molar-refractivity contribution in [3.05, 3.63) is 35.4 Å². The third-order valence-corrected chi connectivity index (χ3v) is 4.35. The summed E-state index contributed by atoms with van der Waals surface area (Å²) in [6.07, 6.45) is 5.62. The van der Waals surface area contributed by atoms with Gasteiger partial charge in [0.15, 0.2) is 0 Å². The van der Waals surface area contributed by atoms with E-state index in [4.69, 9.17) is 4.74 Å². The number of benzene rings is 1. The van der Waals surface area contributed by atoms with Crippen molar-refractivity contribution in [2.75, 3.05) is 6.54 Å². The smallest absolute Gasteiger partial charge is 0.0723 e. The Labute approximate surface area is 130 Å². The fourth-order valence-corrected chi connectivity index (χ4v) is 3.10. The van der Waals surface area contributed by atoms with Crippen molar-refractivity contribution in [2.24, 2.45) is 11.8 Å². The van der Waals surface area contributed by atoms with Crippen molar-refractivity contribution in [2.45, 2.75) is 65.7 Å². The van der Waals surface area contributed by atoms with Crippen LogP contribution in [0.5, 0.6) is 0 Å². The molecule has 1 aromatic carbocycles. The van der Waals surface area contributed by atoms with Crippen molar-refractivity contribution >= 4 is 0 Å². The van der Waals surface area contributed by atoms with Crippen LogP contribution in [0, 0.1) is 11.8 Å². The topological polar surface area (TPSA) is 21.3 Å². The summed E-state index contributed by atoms with van der Waals surface area (Å²) in [7, 11) is 0. The first-order valence-electron chi connectivity index (χ1n) is 8.54. The molecule has 0 heterocycles. The van der Waals surface area contributed by atoms with Crippen LogP contribution in [0.15, 0.2) is 24.3 Å². The average molecular weight is 289 g/mol. The summed E-state index contributed by atoms with van der Waals surface area (Å²) in [6.45, 7) is 9.60. The van der Waals surface area contributed by atoms with Crippen molar-refractivity contribution < 1.29 is 4.74 Å². The highest BCUT2D eigenvalue weighted by atomic mass is 16.5. The molecule has 2 atom stereocenters. The summed E-state index contributed by atoms with van der Waals surface area (Å²) >= 11 is 0. The lowest BCUT2D eigenvalue weighted by Crippen LogP contribution is -2.22. The minimum Gasteiger partial charge on any atom is -0.374 e. The molecule has 0 saturated heterocycles. The fraction of sp³-hybridized carbons (Fsp3) is 0.684. The predicted octanol–water partition coefficient (Wildman–Crippen LogP) is 4.53. The molecule has 1 aromatic rings. The molecule has 0 spiro atoms. The van der Waals surface area contributed by atoms with E-state index in [1.165, 1.54) is 36.8 Å². The van der Waals surface area contributed by atoms with Gasteiger partial charge in [-0.15, -0.1) is 0 Å². The number of nitrogens with one attached hydrogen (secondary N) is 1. The van der Waals surface area contributed by atoms with Crippen molar-refractivity contribution in [1.82, 2.24) is 5.32 Å². The number of rotatable bonds is 7. The van der Waals surface area contributed by atoms with Crippen LogP contribution in [0.3, 0.4) is 0 Å². The third kappa shape index (κ3) is 5.80. The molecule has 2 heteroatoms. The third-order valence-electron chi connectivity index (χ3n) is 4.35. The summed E-state index contributed by atoms with van der Waals surface area (Å²) in [6, 6.07) is 8.67. The van der Waals surface area contributed by atoms with Crippen molar-refractivity contribution in [3.8, 4) is 0 Å². The minimum absolute atomic E-state index is 0.463. The lowest BCUT2D eigenvalue weighted by molar-refractivity contribution is 0.00435. The Bertz CT molecular complexity index is 416. The normalized spacial score (nSPS) is 22.7. The van der Waals surface area contributed by atoms with E-state index in [1.54, 1.807) is 0 Å². The minimum atomic E-state index is 0.463. The van der Waals surface area contributed by atoms with Crippen LogP contribution in [0.25, 0.3) is 0 Å². The molecule has 1 aliphatic rings. The van der Waals surface area contributed by atoms with E-state index in [0.717, 1.165) is 25.6 Å². The Morgan fingerprint density at radius 3 is 2.67 bits per heavy atom. The first-order chi connectivity index (χ1) is 10.1. The maximum Gasteiger partial charge on any atom is 0.0723 e. The fourth-order valence-electron chi connectivity index (χ4n) is 3.10. The second-order valence-corrected chi connectivity index (χ2v) is 7.00. The van der Waals surface area contributed by atoms with Gasteiger partial charge in [-0.2, -0.15) is 0 Å². The van der Waals surface area contributed by atoms with Crippen molar-refractivity contribution in [3.63, 3.8) is 0 Å². The maximum absolute atomic E-state index is 6.18. The van der Waals surface area contributed by atoms with Gasteiger partial charge in [-0.3, -0.25) is 0 Å². The monoisotopic (exact) mass is 289 g/mol. The van der Waals surface area contributed by atoms with E-state index in [0.29, 0.717) is 12.0 Å². The van der Waals surface area contributed by atoms with Crippen LogP contribution in [-0.4, -0.2) is 12.6 Å². The van der Waals surface area contributed by atoms with Gasteiger partial charge in [0.1, 0.15) is 0 Å². The Hall–Kier alpha value is -0.860. The Morgan fingerprint density at radius 1 is 1.19 bits per heavy atom. The summed E-state index contributed by atoms with van der Waals surface area (Å²) in [4.78, 5) is 0. The zero-order valence-electron chi connectivity index (χ0n) is 13.9. The summed E-state index contributed by atoms with van der Waals surface area (Å²) < 4.78 is 6.18. The molecule has 0 amide bonds. The summed E-state index contributed by atoms with van der Waals surface area (Å²) in [5.74, 6) is 1.52. The van der Waals surface area contributed by atoms with Gasteiger partial charge < -0.3 is 10.1 Å². The van der Waals surface area contributed by atoms with Gasteiger partial charge in [-0.05, 0) is 42.3 Å². The zero-order chi connectivity index (χ0) is 15.1. The molecule has 0 bridgehead atoms. The molecule has 0 aliphatic heterocycles. The van der Waals surface area contributed by atoms with Crippen LogP contribution in [0.2, 0.25) is 0 Å². The number of ether oxygens (including phenoxy) is 1. The van der Waals surface area contributed by atoms with Gasteiger partial charge in [0.05, 0.1) is 12.7 Å². The van der Waals surface area contributed by atoms with Crippen LogP contribution >= 0.6 is 0 Å². The van der Waals surface area contributed by atoms with Crippen LogP contribution in [0.4, 0.5) is 0 Å². The first-order valence-corrected chi connectivity index (χ1v) is 8.54. The van der Waals surface area contributed by atoms with E-state index < -0.39 is 0 Å². The molecule has 1 saturated carbocycles. The highest BCUT2D eigenvalue weighted by molar-refractivity contribution is 5.26. The molecule has 0 aromatic heterocycles. The summed E-state index contributed by atoms with van der Waals surface area (Å²) in [5, 5.41) is 3.53. The molecule has 118 valence electrons. The van der Waals surface area contributed by atoms with E-state index in [1.807, 2.05) is 0 Å². The van der Waals surface area contributed by atoms with Crippen LogP contribution in [0.1, 0.15) is 57.6 Å². The number of hydrogen-bond donors (Lipinski definition) is 1. The molecular weight excluding hydrogens is 258 g/mol. The van der Waals surface area contributed by atoms with E-state index in [9.17, 15) is 0 Å². The lowest BCUT2D eigenvalue weighted by atomic mass is 9.89. The van der Waals surface area contributed by atoms with Crippen LogP contribution < -0.4 is 5.32 Å². The predicted molar refractivity (Wildman–Crippen MR) is 89.2 cm³/mol. The quantitative estimate of drug-likeness (QED) is 0.796. The van der Waals surface area contributed by atoms with Gasteiger partial charge >= 0.3 is 0 Å². The first kappa shape index (κ1) is 16.5. The second-order valence-electron chi connectivity index (χ2n) is 7.00.